The molecule has 0 bridgehead atoms. The Morgan fingerprint density at radius 3 is 2.39 bits per heavy atom. The minimum Gasteiger partial charge on any atom is -0.316 e. The molecule has 116 valence electrons. The molecular formula is C19H15ClFNO. The van der Waals surface area contributed by atoms with Gasteiger partial charge < -0.3 is 4.57 Å². The molecule has 0 fully saturated rings. The lowest BCUT2D eigenvalue weighted by molar-refractivity contribution is 0.628. The van der Waals surface area contributed by atoms with Crippen LogP contribution in [0.4, 0.5) is 4.39 Å². The zero-order chi connectivity index (χ0) is 16.6. The molecule has 0 spiro atoms. The van der Waals surface area contributed by atoms with E-state index in [0.717, 1.165) is 5.69 Å². The van der Waals surface area contributed by atoms with Crippen LogP contribution in [-0.4, -0.2) is 4.57 Å². The van der Waals surface area contributed by atoms with Crippen LogP contribution in [0.5, 0.6) is 0 Å². The van der Waals surface area contributed by atoms with Crippen molar-refractivity contribution in [1.82, 2.24) is 4.57 Å². The molecule has 0 atom stereocenters. The standard InChI is InChI=1S/C19H15ClFNO/c1-12-11-22(15-6-4-3-5-7-15)18(13(2)19(12)23)16-9-8-14(21)10-17(16)20/h3-11H,1-2H3. The molecular weight excluding hydrogens is 313 g/mol. The van der Waals surface area contributed by atoms with Crippen molar-refractivity contribution in [3.8, 4) is 16.9 Å². The van der Waals surface area contributed by atoms with Gasteiger partial charge in [0.25, 0.3) is 0 Å². The van der Waals surface area contributed by atoms with Crippen LogP contribution in [0.15, 0.2) is 59.5 Å². The highest BCUT2D eigenvalue weighted by atomic mass is 35.5. The normalized spacial score (nSPS) is 10.8. The summed E-state index contributed by atoms with van der Waals surface area (Å²) in [4.78, 5) is 12.4. The molecule has 1 aromatic heterocycles. The van der Waals surface area contributed by atoms with Crippen LogP contribution in [0, 0.1) is 19.7 Å². The quantitative estimate of drug-likeness (QED) is 0.655. The van der Waals surface area contributed by atoms with E-state index >= 15 is 0 Å². The monoisotopic (exact) mass is 327 g/mol. The first-order valence-corrected chi connectivity index (χ1v) is 7.60. The lowest BCUT2D eigenvalue weighted by atomic mass is 10.0. The van der Waals surface area contributed by atoms with Gasteiger partial charge in [0.1, 0.15) is 5.82 Å². The average Bonchev–Trinajstić information content (AvgIpc) is 2.54. The highest BCUT2D eigenvalue weighted by Gasteiger charge is 2.16. The number of pyridine rings is 1. The van der Waals surface area contributed by atoms with Crippen molar-refractivity contribution in [2.45, 2.75) is 13.8 Å². The van der Waals surface area contributed by atoms with Crippen molar-refractivity contribution >= 4 is 11.6 Å². The number of hydrogen-bond donors (Lipinski definition) is 0. The summed E-state index contributed by atoms with van der Waals surface area (Å²) in [5, 5.41) is 0.279. The maximum Gasteiger partial charge on any atom is 0.188 e. The summed E-state index contributed by atoms with van der Waals surface area (Å²) in [5.41, 5.74) is 3.42. The van der Waals surface area contributed by atoms with Gasteiger partial charge >= 0.3 is 0 Å². The summed E-state index contributed by atoms with van der Waals surface area (Å²) in [7, 11) is 0. The summed E-state index contributed by atoms with van der Waals surface area (Å²) < 4.78 is 15.3. The van der Waals surface area contributed by atoms with E-state index in [1.807, 2.05) is 34.9 Å². The molecule has 0 N–H and O–H groups in total. The first kappa shape index (κ1) is 15.5. The van der Waals surface area contributed by atoms with Gasteiger partial charge in [0.2, 0.25) is 0 Å². The van der Waals surface area contributed by atoms with Crippen molar-refractivity contribution in [3.63, 3.8) is 0 Å². The fourth-order valence-corrected chi connectivity index (χ4v) is 2.96. The topological polar surface area (TPSA) is 22.0 Å². The predicted molar refractivity (Wildman–Crippen MR) is 91.9 cm³/mol. The second kappa shape index (κ2) is 6.01. The fourth-order valence-electron chi connectivity index (χ4n) is 2.71. The highest BCUT2D eigenvalue weighted by Crippen LogP contribution is 2.31. The Morgan fingerprint density at radius 2 is 1.74 bits per heavy atom. The minimum atomic E-state index is -0.405. The van der Waals surface area contributed by atoms with Gasteiger partial charge in [0.15, 0.2) is 5.43 Å². The Kier molecular flexibility index (Phi) is 4.05. The molecule has 3 rings (SSSR count). The van der Waals surface area contributed by atoms with E-state index in [2.05, 4.69) is 0 Å². The largest absolute Gasteiger partial charge is 0.316 e. The first-order valence-electron chi connectivity index (χ1n) is 7.22. The van der Waals surface area contributed by atoms with Gasteiger partial charge in [0, 0.05) is 28.6 Å². The molecule has 0 aliphatic heterocycles. The van der Waals surface area contributed by atoms with Crippen LogP contribution in [0.25, 0.3) is 16.9 Å². The highest BCUT2D eigenvalue weighted by molar-refractivity contribution is 6.33. The van der Waals surface area contributed by atoms with Crippen LogP contribution >= 0.6 is 11.6 Å². The maximum atomic E-state index is 13.4. The van der Waals surface area contributed by atoms with Gasteiger partial charge in [0.05, 0.1) is 10.7 Å². The maximum absolute atomic E-state index is 13.4. The molecule has 23 heavy (non-hydrogen) atoms. The summed E-state index contributed by atoms with van der Waals surface area (Å²) in [6.45, 7) is 3.55. The molecule has 0 radical (unpaired) electrons. The molecule has 0 aliphatic carbocycles. The Labute approximate surface area is 138 Å². The number of rotatable bonds is 2. The second-order valence-electron chi connectivity index (χ2n) is 5.44. The molecule has 0 saturated heterocycles. The Hall–Kier alpha value is -2.39. The third-order valence-electron chi connectivity index (χ3n) is 3.84. The number of benzene rings is 2. The zero-order valence-electron chi connectivity index (χ0n) is 12.8. The number of halogens is 2. The fraction of sp³-hybridized carbons (Fsp3) is 0.105. The summed E-state index contributed by atoms with van der Waals surface area (Å²) >= 11 is 6.23. The smallest absolute Gasteiger partial charge is 0.188 e. The van der Waals surface area contributed by atoms with E-state index < -0.39 is 5.82 Å². The Morgan fingerprint density at radius 1 is 1.04 bits per heavy atom. The van der Waals surface area contributed by atoms with Gasteiger partial charge in [-0.2, -0.15) is 0 Å². The molecule has 2 nitrogen and oxygen atoms in total. The molecule has 0 saturated carbocycles. The van der Waals surface area contributed by atoms with Crippen molar-refractivity contribution in [2.24, 2.45) is 0 Å². The summed E-state index contributed by atoms with van der Waals surface area (Å²) in [6, 6.07) is 13.9. The number of aryl methyl sites for hydroxylation is 1. The van der Waals surface area contributed by atoms with Crippen LogP contribution in [0.3, 0.4) is 0 Å². The molecule has 0 amide bonds. The van der Waals surface area contributed by atoms with E-state index in [-0.39, 0.29) is 10.5 Å². The number of hydrogen-bond acceptors (Lipinski definition) is 1. The van der Waals surface area contributed by atoms with Crippen LogP contribution in [0.2, 0.25) is 5.02 Å². The zero-order valence-corrected chi connectivity index (χ0v) is 13.6. The van der Waals surface area contributed by atoms with Crippen molar-refractivity contribution in [1.29, 1.82) is 0 Å². The van der Waals surface area contributed by atoms with Gasteiger partial charge in [-0.05, 0) is 44.2 Å². The summed E-state index contributed by atoms with van der Waals surface area (Å²) in [6.07, 6.45) is 1.79. The van der Waals surface area contributed by atoms with Gasteiger partial charge in [-0.25, -0.2) is 4.39 Å². The summed E-state index contributed by atoms with van der Waals surface area (Å²) in [5.74, 6) is -0.405. The minimum absolute atomic E-state index is 0.0347. The van der Waals surface area contributed by atoms with E-state index in [9.17, 15) is 9.18 Å². The second-order valence-corrected chi connectivity index (χ2v) is 5.85. The third kappa shape index (κ3) is 2.80. The van der Waals surface area contributed by atoms with E-state index in [1.54, 1.807) is 26.1 Å². The first-order chi connectivity index (χ1) is 11.0. The lowest BCUT2D eigenvalue weighted by Crippen LogP contribution is -2.16. The molecule has 0 unspecified atom stereocenters. The molecule has 3 aromatic rings. The van der Waals surface area contributed by atoms with Crippen molar-refractivity contribution < 1.29 is 4.39 Å². The van der Waals surface area contributed by atoms with Crippen LogP contribution in [-0.2, 0) is 0 Å². The number of para-hydroxylation sites is 1. The lowest BCUT2D eigenvalue weighted by Gasteiger charge is -2.18. The molecule has 2 aromatic carbocycles. The van der Waals surface area contributed by atoms with E-state index in [0.29, 0.717) is 22.4 Å². The van der Waals surface area contributed by atoms with Crippen molar-refractivity contribution in [2.75, 3.05) is 0 Å². The van der Waals surface area contributed by atoms with Crippen LogP contribution in [0.1, 0.15) is 11.1 Å². The predicted octanol–water partition coefficient (Wildman–Crippen LogP) is 4.91. The van der Waals surface area contributed by atoms with Gasteiger partial charge in [-0.1, -0.05) is 29.8 Å². The Balaban J connectivity index is 2.39. The average molecular weight is 328 g/mol. The number of nitrogens with zero attached hydrogens (tertiary/aromatic N) is 1. The molecule has 0 aliphatic rings. The van der Waals surface area contributed by atoms with E-state index in [1.165, 1.54) is 12.1 Å². The SMILES string of the molecule is Cc1cn(-c2ccccc2)c(-c2ccc(F)cc2Cl)c(C)c1=O. The van der Waals surface area contributed by atoms with Crippen LogP contribution < -0.4 is 5.43 Å². The van der Waals surface area contributed by atoms with E-state index in [4.69, 9.17) is 11.6 Å². The van der Waals surface area contributed by atoms with Crippen molar-refractivity contribution in [3.05, 3.63) is 86.9 Å². The number of aromatic nitrogens is 1. The van der Waals surface area contributed by atoms with Gasteiger partial charge in [-0.3, -0.25) is 4.79 Å². The Bertz CT molecular complexity index is 932. The third-order valence-corrected chi connectivity index (χ3v) is 4.15. The van der Waals surface area contributed by atoms with Gasteiger partial charge in [-0.15, -0.1) is 0 Å². The molecule has 4 heteroatoms. The molecule has 1 heterocycles.